The Hall–Kier alpha value is -1.55. The number of hydrogen-bond acceptors (Lipinski definition) is 3. The predicted octanol–water partition coefficient (Wildman–Crippen LogP) is 3.23. The topological polar surface area (TPSA) is 55.6 Å². The molecule has 4 heteroatoms. The standard InChI is InChI=1S/C21H30N2O2/c1-14-3-8-17(20(11-14)25-10-2-9-22)21(24)23-12-18-15-4-5-16(7-6-15)19(18)13-23/h3,8,11,15-16,18-19H,2,4-7,9-10,12-13,22H2,1H3/t15?,16?,18-,19+. The minimum atomic E-state index is 0.150. The summed E-state index contributed by atoms with van der Waals surface area (Å²) in [6, 6.07) is 5.93. The van der Waals surface area contributed by atoms with Crippen LogP contribution >= 0.6 is 0 Å². The summed E-state index contributed by atoms with van der Waals surface area (Å²) >= 11 is 0. The summed E-state index contributed by atoms with van der Waals surface area (Å²) in [5, 5.41) is 0. The molecule has 4 fully saturated rings. The minimum Gasteiger partial charge on any atom is -0.493 e. The van der Waals surface area contributed by atoms with Crippen LogP contribution < -0.4 is 10.5 Å². The van der Waals surface area contributed by atoms with Gasteiger partial charge in [0.25, 0.3) is 5.91 Å². The molecule has 2 N–H and O–H groups in total. The normalized spacial score (nSPS) is 30.4. The van der Waals surface area contributed by atoms with E-state index in [0.29, 0.717) is 18.7 Å². The highest BCUT2D eigenvalue weighted by molar-refractivity contribution is 5.97. The number of hydrogen-bond donors (Lipinski definition) is 1. The van der Waals surface area contributed by atoms with Crippen molar-refractivity contribution in [3.63, 3.8) is 0 Å². The molecule has 0 radical (unpaired) electrons. The molecule has 3 aliphatic carbocycles. The number of aryl methyl sites for hydroxylation is 1. The fourth-order valence-corrected chi connectivity index (χ4v) is 5.38. The van der Waals surface area contributed by atoms with Crippen LogP contribution in [0.2, 0.25) is 0 Å². The summed E-state index contributed by atoms with van der Waals surface area (Å²) in [6.07, 6.45) is 6.33. The molecule has 1 heterocycles. The van der Waals surface area contributed by atoms with Crippen LogP contribution in [0.1, 0.15) is 48.0 Å². The molecule has 2 bridgehead atoms. The Labute approximate surface area is 150 Å². The molecule has 25 heavy (non-hydrogen) atoms. The summed E-state index contributed by atoms with van der Waals surface area (Å²) in [5.74, 6) is 4.05. The zero-order valence-corrected chi connectivity index (χ0v) is 15.2. The van der Waals surface area contributed by atoms with Gasteiger partial charge in [0.1, 0.15) is 5.75 Å². The lowest BCUT2D eigenvalue weighted by molar-refractivity contribution is 0.0577. The SMILES string of the molecule is Cc1ccc(C(=O)N2C[C@@H]3C4CCC(CC4)[C@@H]3C2)c(OCCCN)c1. The van der Waals surface area contributed by atoms with Crippen molar-refractivity contribution in [2.45, 2.75) is 39.0 Å². The second-order valence-corrected chi connectivity index (χ2v) is 8.20. The molecule has 0 unspecified atom stereocenters. The number of carbonyl (C=O) groups excluding carboxylic acids is 1. The van der Waals surface area contributed by atoms with Crippen LogP contribution in [-0.2, 0) is 0 Å². The van der Waals surface area contributed by atoms with Crippen LogP contribution in [-0.4, -0.2) is 37.0 Å². The largest absolute Gasteiger partial charge is 0.493 e. The Bertz CT molecular complexity index is 617. The molecule has 1 saturated heterocycles. The van der Waals surface area contributed by atoms with Gasteiger partial charge in [-0.25, -0.2) is 0 Å². The van der Waals surface area contributed by atoms with E-state index in [0.717, 1.165) is 54.5 Å². The van der Waals surface area contributed by atoms with Crippen LogP contribution in [0.15, 0.2) is 18.2 Å². The Kier molecular flexibility index (Phi) is 4.72. The van der Waals surface area contributed by atoms with Gasteiger partial charge in [-0.1, -0.05) is 6.07 Å². The van der Waals surface area contributed by atoms with E-state index < -0.39 is 0 Å². The predicted molar refractivity (Wildman–Crippen MR) is 98.7 cm³/mol. The molecule has 1 amide bonds. The number of likely N-dealkylation sites (tertiary alicyclic amines) is 1. The van der Waals surface area contributed by atoms with E-state index in [1.54, 1.807) is 0 Å². The molecular weight excluding hydrogens is 312 g/mol. The number of rotatable bonds is 5. The van der Waals surface area contributed by atoms with Gasteiger partial charge < -0.3 is 15.4 Å². The zero-order valence-electron chi connectivity index (χ0n) is 15.2. The summed E-state index contributed by atoms with van der Waals surface area (Å²) in [4.78, 5) is 15.3. The smallest absolute Gasteiger partial charge is 0.257 e. The van der Waals surface area contributed by atoms with Crippen molar-refractivity contribution in [3.8, 4) is 5.75 Å². The van der Waals surface area contributed by atoms with Crippen LogP contribution in [0, 0.1) is 30.6 Å². The van der Waals surface area contributed by atoms with E-state index in [-0.39, 0.29) is 5.91 Å². The maximum Gasteiger partial charge on any atom is 0.257 e. The molecule has 0 spiro atoms. The van der Waals surface area contributed by atoms with Gasteiger partial charge in [0.2, 0.25) is 0 Å². The summed E-state index contributed by atoms with van der Waals surface area (Å²) in [7, 11) is 0. The number of nitrogens with zero attached hydrogens (tertiary/aromatic N) is 1. The number of amides is 1. The third-order valence-electron chi connectivity index (χ3n) is 6.70. The summed E-state index contributed by atoms with van der Waals surface area (Å²) in [5.41, 5.74) is 7.40. The number of ether oxygens (including phenoxy) is 1. The van der Waals surface area contributed by atoms with E-state index in [2.05, 4.69) is 4.90 Å². The van der Waals surface area contributed by atoms with E-state index >= 15 is 0 Å². The lowest BCUT2D eigenvalue weighted by Gasteiger charge is -2.44. The van der Waals surface area contributed by atoms with Crippen LogP contribution in [0.5, 0.6) is 5.75 Å². The molecule has 3 saturated carbocycles. The average molecular weight is 342 g/mol. The highest BCUT2D eigenvalue weighted by Gasteiger charge is 2.49. The number of fused-ring (bicyclic) bond motifs is 2. The van der Waals surface area contributed by atoms with Gasteiger partial charge in [0.15, 0.2) is 0 Å². The van der Waals surface area contributed by atoms with Crippen molar-refractivity contribution in [1.29, 1.82) is 0 Å². The van der Waals surface area contributed by atoms with E-state index in [4.69, 9.17) is 10.5 Å². The first-order valence-electron chi connectivity index (χ1n) is 9.90. The molecule has 0 aromatic heterocycles. The lowest BCUT2D eigenvalue weighted by Crippen LogP contribution is -2.38. The summed E-state index contributed by atoms with van der Waals surface area (Å²) in [6.45, 7) is 5.09. The molecule has 4 nitrogen and oxygen atoms in total. The highest BCUT2D eigenvalue weighted by Crippen LogP contribution is 2.52. The fourth-order valence-electron chi connectivity index (χ4n) is 5.38. The van der Waals surface area contributed by atoms with E-state index in [9.17, 15) is 4.79 Å². The molecule has 5 rings (SSSR count). The van der Waals surface area contributed by atoms with Gasteiger partial charge in [0, 0.05) is 13.1 Å². The first kappa shape index (κ1) is 16.9. The van der Waals surface area contributed by atoms with Crippen molar-refractivity contribution >= 4 is 5.91 Å². The summed E-state index contributed by atoms with van der Waals surface area (Å²) < 4.78 is 5.88. The molecule has 4 aliphatic rings. The van der Waals surface area contributed by atoms with Crippen LogP contribution in [0.3, 0.4) is 0 Å². The molecule has 1 aromatic rings. The van der Waals surface area contributed by atoms with Crippen molar-refractivity contribution in [2.24, 2.45) is 29.4 Å². The Morgan fingerprint density at radius 3 is 2.40 bits per heavy atom. The van der Waals surface area contributed by atoms with Crippen molar-refractivity contribution in [1.82, 2.24) is 4.90 Å². The zero-order chi connectivity index (χ0) is 17.4. The van der Waals surface area contributed by atoms with Gasteiger partial charge in [-0.05, 0) is 86.9 Å². The van der Waals surface area contributed by atoms with Crippen molar-refractivity contribution in [3.05, 3.63) is 29.3 Å². The van der Waals surface area contributed by atoms with Crippen molar-refractivity contribution < 1.29 is 9.53 Å². The van der Waals surface area contributed by atoms with Gasteiger partial charge in [-0.15, -0.1) is 0 Å². The van der Waals surface area contributed by atoms with Gasteiger partial charge in [0.05, 0.1) is 12.2 Å². The Balaban J connectivity index is 1.51. The lowest BCUT2D eigenvalue weighted by atomic mass is 9.60. The fraction of sp³-hybridized carbons (Fsp3) is 0.667. The van der Waals surface area contributed by atoms with E-state index in [1.807, 2.05) is 25.1 Å². The van der Waals surface area contributed by atoms with Crippen LogP contribution in [0.25, 0.3) is 0 Å². The molecule has 2 atom stereocenters. The quantitative estimate of drug-likeness (QED) is 0.836. The maximum atomic E-state index is 13.2. The molecule has 1 aliphatic heterocycles. The second kappa shape index (κ2) is 6.99. The van der Waals surface area contributed by atoms with Gasteiger partial charge in [-0.3, -0.25) is 4.79 Å². The second-order valence-electron chi connectivity index (χ2n) is 8.20. The first-order chi connectivity index (χ1) is 12.2. The maximum absolute atomic E-state index is 13.2. The molecular formula is C21H30N2O2. The number of carbonyl (C=O) groups is 1. The monoisotopic (exact) mass is 342 g/mol. The molecule has 136 valence electrons. The third-order valence-corrected chi connectivity index (χ3v) is 6.70. The first-order valence-corrected chi connectivity index (χ1v) is 9.90. The third kappa shape index (κ3) is 3.17. The van der Waals surface area contributed by atoms with Crippen LogP contribution in [0.4, 0.5) is 0 Å². The number of nitrogens with two attached hydrogens (primary N) is 1. The molecule has 1 aromatic carbocycles. The highest BCUT2D eigenvalue weighted by atomic mass is 16.5. The Morgan fingerprint density at radius 1 is 1.16 bits per heavy atom. The Morgan fingerprint density at radius 2 is 1.80 bits per heavy atom. The van der Waals surface area contributed by atoms with Gasteiger partial charge in [-0.2, -0.15) is 0 Å². The minimum absolute atomic E-state index is 0.150. The number of benzene rings is 1. The average Bonchev–Trinajstić information content (AvgIpc) is 3.10. The van der Waals surface area contributed by atoms with E-state index in [1.165, 1.54) is 25.7 Å². The van der Waals surface area contributed by atoms with Crippen molar-refractivity contribution in [2.75, 3.05) is 26.2 Å². The van der Waals surface area contributed by atoms with Gasteiger partial charge >= 0.3 is 0 Å².